The van der Waals surface area contributed by atoms with Crippen molar-refractivity contribution in [2.75, 3.05) is 22.8 Å². The third-order valence-corrected chi connectivity index (χ3v) is 7.89. The number of fused-ring (bicyclic) bond motifs is 2. The summed E-state index contributed by atoms with van der Waals surface area (Å²) in [4.78, 5) is 4.19. The van der Waals surface area contributed by atoms with Crippen LogP contribution in [-0.2, 0) is 40.6 Å². The molecule has 0 unspecified atom stereocenters. The second-order valence-electron chi connectivity index (χ2n) is 8.60. The lowest BCUT2D eigenvalue weighted by Crippen LogP contribution is -2.44. The van der Waals surface area contributed by atoms with Crippen molar-refractivity contribution in [2.45, 2.75) is 64.3 Å². The summed E-state index contributed by atoms with van der Waals surface area (Å²) < 4.78 is 41.9. The summed E-state index contributed by atoms with van der Waals surface area (Å²) in [6.07, 6.45) is 8.10. The van der Waals surface area contributed by atoms with Crippen LogP contribution < -0.4 is 14.7 Å². The van der Waals surface area contributed by atoms with Crippen LogP contribution in [0.2, 0.25) is 0 Å². The summed E-state index contributed by atoms with van der Waals surface area (Å²) in [6.45, 7) is 2.50. The number of nitrogens with one attached hydrogen (secondary N) is 1. The van der Waals surface area contributed by atoms with E-state index in [0.717, 1.165) is 59.6 Å². The van der Waals surface area contributed by atoms with Gasteiger partial charge in [-0.15, -0.1) is 4.40 Å². The van der Waals surface area contributed by atoms with Crippen LogP contribution in [-0.4, -0.2) is 38.7 Å². The number of amidine groups is 1. The number of rotatable bonds is 5. The molecular weight excluding hydrogens is 432 g/mol. The number of aryl methyl sites for hydroxylation is 3. The van der Waals surface area contributed by atoms with Gasteiger partial charge < -0.3 is 19.6 Å². The van der Waals surface area contributed by atoms with Gasteiger partial charge in [0, 0.05) is 25.8 Å². The average Bonchev–Trinajstić information content (AvgIpc) is 3.49. The molecule has 1 N–H and O–H groups in total. The number of anilines is 2. The number of hydrogen-bond acceptors (Lipinski definition) is 6. The van der Waals surface area contributed by atoms with E-state index < -0.39 is 22.3 Å². The van der Waals surface area contributed by atoms with Gasteiger partial charge in [-0.25, -0.2) is 4.31 Å². The highest BCUT2D eigenvalue weighted by Crippen LogP contribution is 2.38. The summed E-state index contributed by atoms with van der Waals surface area (Å²) in [5.41, 5.74) is 5.53. The number of oxazole rings is 1. The molecule has 1 fully saturated rings. The first-order chi connectivity index (χ1) is 15.4. The molecule has 2 aromatic rings. The molecule has 0 amide bonds. The molecule has 2 aliphatic carbocycles. The highest BCUT2D eigenvalue weighted by molar-refractivity contribution is 7.91. The second-order valence-corrected chi connectivity index (χ2v) is 10.1. The standard InChI is InChI=1S/C22H28N4O5S/c1-14-23-20(13-31-14)26(17-8-10-30-11-9-17)32(28,29)25-22(27)24-21-18-6-2-4-15(18)12-16-5-3-7-19(16)21/h12-13,17H,2-11H2,1H3,(H2,24,25,27)/p-1. The number of nitrogens with zero attached hydrogens (tertiary/aromatic N) is 3. The van der Waals surface area contributed by atoms with Gasteiger partial charge in [-0.2, -0.15) is 13.4 Å². The Morgan fingerprint density at radius 3 is 2.41 bits per heavy atom. The van der Waals surface area contributed by atoms with Crippen molar-refractivity contribution in [3.05, 3.63) is 40.5 Å². The Bertz CT molecular complexity index is 1120. The number of benzene rings is 1. The lowest BCUT2D eigenvalue weighted by molar-refractivity contribution is -0.213. The molecule has 1 saturated heterocycles. The van der Waals surface area contributed by atoms with Crippen LogP contribution in [0, 0.1) is 6.92 Å². The normalized spacial score (nSPS) is 19.1. The summed E-state index contributed by atoms with van der Waals surface area (Å²) in [7, 11) is -4.34. The van der Waals surface area contributed by atoms with E-state index >= 15 is 0 Å². The molecule has 0 spiro atoms. The van der Waals surface area contributed by atoms with Crippen molar-refractivity contribution >= 4 is 27.7 Å². The van der Waals surface area contributed by atoms with Crippen molar-refractivity contribution in [3.63, 3.8) is 0 Å². The van der Waals surface area contributed by atoms with Crippen LogP contribution in [0.25, 0.3) is 0 Å². The van der Waals surface area contributed by atoms with Gasteiger partial charge in [-0.1, -0.05) is 6.07 Å². The number of aromatic nitrogens is 1. The fourth-order valence-electron chi connectivity index (χ4n) is 5.11. The molecule has 5 rings (SSSR count). The van der Waals surface area contributed by atoms with Gasteiger partial charge in [0.15, 0.2) is 11.7 Å². The highest BCUT2D eigenvalue weighted by Gasteiger charge is 2.34. The molecule has 172 valence electrons. The number of ether oxygens (including phenoxy) is 1. The van der Waals surface area contributed by atoms with Crippen LogP contribution in [0.15, 0.2) is 21.1 Å². The van der Waals surface area contributed by atoms with Gasteiger partial charge in [-0.3, -0.25) is 0 Å². The fraction of sp³-hybridized carbons (Fsp3) is 0.545. The average molecular weight is 460 g/mol. The molecule has 3 aliphatic rings. The van der Waals surface area contributed by atoms with E-state index in [1.54, 1.807) is 6.92 Å². The molecule has 0 atom stereocenters. The SMILES string of the molecule is Cc1nc(N(C2CCOCC2)S(=O)(=O)/N=C(\[O-])Nc2c3c(cc4c2CCC4)CCC3)co1. The van der Waals surface area contributed by atoms with Crippen LogP contribution in [0.3, 0.4) is 0 Å². The van der Waals surface area contributed by atoms with Gasteiger partial charge in [0.05, 0.1) is 12.1 Å². The topological polar surface area (TPSA) is 120 Å². The van der Waals surface area contributed by atoms with Crippen molar-refractivity contribution < 1.29 is 22.7 Å². The van der Waals surface area contributed by atoms with Gasteiger partial charge >= 0.3 is 10.2 Å². The van der Waals surface area contributed by atoms with Gasteiger partial charge in [0.25, 0.3) is 0 Å². The molecular formula is C22H27N4O5S-. The molecule has 9 nitrogen and oxygen atoms in total. The predicted molar refractivity (Wildman–Crippen MR) is 118 cm³/mol. The van der Waals surface area contributed by atoms with E-state index in [0.29, 0.717) is 31.9 Å². The van der Waals surface area contributed by atoms with Crippen LogP contribution in [0.5, 0.6) is 0 Å². The Morgan fingerprint density at radius 1 is 1.16 bits per heavy atom. The van der Waals surface area contributed by atoms with Gasteiger partial charge in [0.2, 0.25) is 0 Å². The fourth-order valence-corrected chi connectivity index (χ4v) is 6.36. The quantitative estimate of drug-likeness (QED) is 0.536. The first kappa shape index (κ1) is 21.3. The van der Waals surface area contributed by atoms with Crippen molar-refractivity contribution in [1.82, 2.24) is 4.98 Å². The maximum absolute atomic E-state index is 13.3. The molecule has 10 heteroatoms. The maximum atomic E-state index is 13.3. The zero-order valence-electron chi connectivity index (χ0n) is 18.1. The van der Waals surface area contributed by atoms with E-state index in [-0.39, 0.29) is 5.82 Å². The Kier molecular flexibility index (Phi) is 5.58. The smallest absolute Gasteiger partial charge is 0.347 e. The Labute approximate surface area is 187 Å². The lowest BCUT2D eigenvalue weighted by atomic mass is 9.99. The maximum Gasteiger partial charge on any atom is 0.347 e. The first-order valence-corrected chi connectivity index (χ1v) is 12.6. The Morgan fingerprint density at radius 2 is 1.81 bits per heavy atom. The van der Waals surface area contributed by atoms with Crippen LogP contribution in [0.4, 0.5) is 11.5 Å². The third kappa shape index (κ3) is 3.97. The van der Waals surface area contributed by atoms with Crippen molar-refractivity contribution in [2.24, 2.45) is 4.40 Å². The summed E-state index contributed by atoms with van der Waals surface area (Å²) in [5, 5.41) is 15.7. The largest absolute Gasteiger partial charge is 0.845 e. The third-order valence-electron chi connectivity index (χ3n) is 6.51. The van der Waals surface area contributed by atoms with Crippen molar-refractivity contribution in [3.8, 4) is 0 Å². The van der Waals surface area contributed by atoms with Crippen LogP contribution in [0.1, 0.15) is 53.8 Å². The minimum Gasteiger partial charge on any atom is -0.845 e. The zero-order chi connectivity index (χ0) is 22.3. The van der Waals surface area contributed by atoms with Crippen molar-refractivity contribution in [1.29, 1.82) is 0 Å². The predicted octanol–water partition coefficient (Wildman–Crippen LogP) is 2.02. The Hall–Kier alpha value is -2.59. The Balaban J connectivity index is 1.48. The van der Waals surface area contributed by atoms with Crippen LogP contribution >= 0.6 is 0 Å². The summed E-state index contributed by atoms with van der Waals surface area (Å²) in [6, 6.07) is 0.977. The molecule has 0 radical (unpaired) electrons. The van der Waals surface area contributed by atoms with Gasteiger partial charge in [-0.05, 0) is 73.6 Å². The molecule has 1 aromatic carbocycles. The van der Waals surface area contributed by atoms with E-state index in [4.69, 9.17) is 9.15 Å². The molecule has 0 bridgehead atoms. The first-order valence-electron chi connectivity index (χ1n) is 11.2. The minimum absolute atomic E-state index is 0.132. The second kappa shape index (κ2) is 8.40. The van der Waals surface area contributed by atoms with Gasteiger partial charge in [0.1, 0.15) is 6.26 Å². The molecule has 2 heterocycles. The van der Waals surface area contributed by atoms with E-state index in [2.05, 4.69) is 20.8 Å². The molecule has 1 aromatic heterocycles. The number of hydrogen-bond donors (Lipinski definition) is 1. The summed E-state index contributed by atoms with van der Waals surface area (Å²) in [5.74, 6) is 0.472. The minimum atomic E-state index is -4.34. The monoisotopic (exact) mass is 459 g/mol. The highest BCUT2D eigenvalue weighted by atomic mass is 32.2. The van der Waals surface area contributed by atoms with E-state index in [1.807, 2.05) is 0 Å². The van der Waals surface area contributed by atoms with E-state index in [9.17, 15) is 13.5 Å². The van der Waals surface area contributed by atoms with E-state index in [1.165, 1.54) is 17.4 Å². The zero-order valence-corrected chi connectivity index (χ0v) is 18.9. The molecule has 0 saturated carbocycles. The summed E-state index contributed by atoms with van der Waals surface area (Å²) >= 11 is 0. The molecule has 32 heavy (non-hydrogen) atoms. The molecule has 1 aliphatic heterocycles. The lowest BCUT2D eigenvalue weighted by Gasteiger charge is -2.32.